The first kappa shape index (κ1) is 34.2. The number of methoxy groups -OCH3 is 1. The van der Waals surface area contributed by atoms with E-state index in [1.165, 1.54) is 0 Å². The second-order valence-electron chi connectivity index (χ2n) is 11.6. The number of aliphatic hydroxyl groups excluding tert-OH is 1. The third kappa shape index (κ3) is 9.23. The van der Waals surface area contributed by atoms with Crippen LogP contribution in [0.5, 0.6) is 5.75 Å². The number of para-hydroxylation sites is 1. The SMILES string of the molecule is COc1ccccc1SCC1OC(c2ccc(-c3cccc(CNC(=O)CCCC(=O)O)c3)cc2)OC(c2ccc(CO)cc2)C1C. The van der Waals surface area contributed by atoms with Gasteiger partial charge in [0.1, 0.15) is 5.75 Å². The molecule has 0 radical (unpaired) electrons. The van der Waals surface area contributed by atoms with Gasteiger partial charge in [0, 0.05) is 41.5 Å². The molecule has 1 aliphatic heterocycles. The predicted molar refractivity (Wildman–Crippen MR) is 182 cm³/mol. The maximum absolute atomic E-state index is 12.1. The minimum Gasteiger partial charge on any atom is -0.496 e. The molecule has 4 aromatic rings. The van der Waals surface area contributed by atoms with Crippen LogP contribution in [0.2, 0.25) is 0 Å². The standard InChI is InChI=1S/C38H41NO7S/c1-25-33(24-47-34-10-4-3-9-32(34)44-2)45-38(46-37(25)29-15-13-26(23-40)14-16-29)30-19-17-28(18-20-30)31-8-5-7-27(21-31)22-39-35(41)11-6-12-36(42)43/h3-5,7-10,13-21,25,33,37-38,40H,6,11-12,22-24H2,1-2H3,(H,39,41)(H,42,43). The van der Waals surface area contributed by atoms with E-state index < -0.39 is 12.3 Å². The van der Waals surface area contributed by atoms with E-state index >= 15 is 0 Å². The Balaban J connectivity index is 1.30. The topological polar surface area (TPSA) is 114 Å². The average molecular weight is 656 g/mol. The Labute approximate surface area is 280 Å². The summed E-state index contributed by atoms with van der Waals surface area (Å²) in [6.07, 6.45) is -0.405. The number of nitrogens with one attached hydrogen (secondary N) is 1. The summed E-state index contributed by atoms with van der Waals surface area (Å²) in [5, 5.41) is 21.2. The third-order valence-corrected chi connectivity index (χ3v) is 9.47. The molecular weight excluding hydrogens is 614 g/mol. The summed E-state index contributed by atoms with van der Waals surface area (Å²) in [4.78, 5) is 23.9. The molecule has 0 bridgehead atoms. The van der Waals surface area contributed by atoms with Crippen LogP contribution in [0, 0.1) is 5.92 Å². The van der Waals surface area contributed by atoms with Crippen LogP contribution < -0.4 is 10.1 Å². The van der Waals surface area contributed by atoms with Crippen LogP contribution in [-0.2, 0) is 32.2 Å². The second-order valence-corrected chi connectivity index (χ2v) is 12.7. The number of carbonyl (C=O) groups is 2. The lowest BCUT2D eigenvalue weighted by Crippen LogP contribution is -2.38. The highest BCUT2D eigenvalue weighted by Crippen LogP contribution is 2.44. The van der Waals surface area contributed by atoms with Gasteiger partial charge in [0.05, 0.1) is 25.9 Å². The van der Waals surface area contributed by atoms with Crippen molar-refractivity contribution in [3.63, 3.8) is 0 Å². The van der Waals surface area contributed by atoms with Crippen LogP contribution >= 0.6 is 11.8 Å². The number of carbonyl (C=O) groups excluding carboxylic acids is 1. The van der Waals surface area contributed by atoms with Gasteiger partial charge in [0.2, 0.25) is 5.91 Å². The van der Waals surface area contributed by atoms with E-state index in [0.29, 0.717) is 18.7 Å². The van der Waals surface area contributed by atoms with Gasteiger partial charge < -0.3 is 29.7 Å². The van der Waals surface area contributed by atoms with Gasteiger partial charge in [-0.25, -0.2) is 0 Å². The number of ether oxygens (including phenoxy) is 3. The van der Waals surface area contributed by atoms with Gasteiger partial charge in [-0.3, -0.25) is 9.59 Å². The fourth-order valence-electron chi connectivity index (χ4n) is 5.60. The van der Waals surface area contributed by atoms with Crippen LogP contribution in [0.25, 0.3) is 11.1 Å². The molecule has 8 nitrogen and oxygen atoms in total. The number of rotatable bonds is 14. The summed E-state index contributed by atoms with van der Waals surface area (Å²) < 4.78 is 18.9. The summed E-state index contributed by atoms with van der Waals surface area (Å²) in [7, 11) is 1.68. The minimum atomic E-state index is -0.899. The smallest absolute Gasteiger partial charge is 0.303 e. The number of hydrogen-bond acceptors (Lipinski definition) is 7. The molecule has 1 heterocycles. The molecule has 1 aliphatic rings. The van der Waals surface area contributed by atoms with E-state index in [0.717, 1.165) is 44.0 Å². The second kappa shape index (κ2) is 16.6. The maximum atomic E-state index is 12.1. The molecule has 4 atom stereocenters. The van der Waals surface area contributed by atoms with Crippen molar-refractivity contribution in [2.24, 2.45) is 5.92 Å². The average Bonchev–Trinajstić information content (AvgIpc) is 3.10. The maximum Gasteiger partial charge on any atom is 0.303 e. The lowest BCUT2D eigenvalue weighted by molar-refractivity contribution is -0.268. The van der Waals surface area contributed by atoms with E-state index in [9.17, 15) is 14.7 Å². The highest BCUT2D eigenvalue weighted by Gasteiger charge is 2.38. The third-order valence-electron chi connectivity index (χ3n) is 8.32. The molecule has 47 heavy (non-hydrogen) atoms. The Morgan fingerprint density at radius 3 is 2.32 bits per heavy atom. The number of benzene rings is 4. The molecule has 0 spiro atoms. The number of aliphatic hydroxyl groups is 1. The number of carboxylic acids is 1. The molecule has 1 saturated heterocycles. The lowest BCUT2D eigenvalue weighted by Gasteiger charge is -2.41. The summed E-state index contributed by atoms with van der Waals surface area (Å²) in [5.41, 5.74) is 5.79. The molecule has 4 unspecified atom stereocenters. The minimum absolute atomic E-state index is 0.0102. The van der Waals surface area contributed by atoms with E-state index in [1.54, 1.807) is 18.9 Å². The highest BCUT2D eigenvalue weighted by atomic mass is 32.2. The normalized spacial score (nSPS) is 19.2. The van der Waals surface area contributed by atoms with Gasteiger partial charge in [0.15, 0.2) is 6.29 Å². The van der Waals surface area contributed by atoms with Gasteiger partial charge in [-0.2, -0.15) is 0 Å². The lowest BCUT2D eigenvalue weighted by atomic mass is 9.91. The van der Waals surface area contributed by atoms with Crippen LogP contribution in [0.15, 0.2) is 102 Å². The Bertz CT molecular complexity index is 1630. The number of thioether (sulfide) groups is 1. The van der Waals surface area contributed by atoms with Crippen LogP contribution in [0.3, 0.4) is 0 Å². The van der Waals surface area contributed by atoms with E-state index in [1.807, 2.05) is 91.0 Å². The van der Waals surface area contributed by atoms with Gasteiger partial charge in [-0.1, -0.05) is 85.8 Å². The predicted octanol–water partition coefficient (Wildman–Crippen LogP) is 7.31. The van der Waals surface area contributed by atoms with Crippen molar-refractivity contribution in [1.82, 2.24) is 5.32 Å². The molecule has 0 aliphatic carbocycles. The zero-order valence-electron chi connectivity index (χ0n) is 26.6. The monoisotopic (exact) mass is 655 g/mol. The number of hydrogen-bond donors (Lipinski definition) is 3. The molecule has 1 amide bonds. The van der Waals surface area contributed by atoms with Crippen molar-refractivity contribution in [2.45, 2.75) is 62.7 Å². The Kier molecular flexibility index (Phi) is 12.1. The summed E-state index contributed by atoms with van der Waals surface area (Å²) >= 11 is 1.71. The van der Waals surface area contributed by atoms with E-state index in [4.69, 9.17) is 19.3 Å². The number of aliphatic carboxylic acids is 1. The molecule has 3 N–H and O–H groups in total. The first-order valence-corrected chi connectivity index (χ1v) is 16.8. The highest BCUT2D eigenvalue weighted by molar-refractivity contribution is 7.99. The van der Waals surface area contributed by atoms with Crippen molar-refractivity contribution in [2.75, 3.05) is 12.9 Å². The van der Waals surface area contributed by atoms with E-state index in [2.05, 4.69) is 18.3 Å². The molecule has 246 valence electrons. The Morgan fingerprint density at radius 2 is 1.60 bits per heavy atom. The van der Waals surface area contributed by atoms with Crippen molar-refractivity contribution in [3.8, 4) is 16.9 Å². The van der Waals surface area contributed by atoms with Crippen LogP contribution in [0.4, 0.5) is 0 Å². The van der Waals surface area contributed by atoms with Gasteiger partial charge in [-0.05, 0) is 52.4 Å². The number of amides is 1. The Hall–Kier alpha value is -4.15. The van der Waals surface area contributed by atoms with Gasteiger partial charge in [-0.15, -0.1) is 11.8 Å². The first-order chi connectivity index (χ1) is 22.8. The largest absolute Gasteiger partial charge is 0.496 e. The molecule has 5 rings (SSSR count). The zero-order valence-corrected chi connectivity index (χ0v) is 27.5. The molecule has 1 fully saturated rings. The van der Waals surface area contributed by atoms with Crippen molar-refractivity contribution >= 4 is 23.6 Å². The quantitative estimate of drug-likeness (QED) is 0.121. The molecule has 9 heteroatoms. The van der Waals surface area contributed by atoms with Gasteiger partial charge >= 0.3 is 5.97 Å². The summed E-state index contributed by atoms with van der Waals surface area (Å²) in [6.45, 7) is 2.52. The fourth-order valence-corrected chi connectivity index (χ4v) is 6.80. The molecule has 0 aromatic heterocycles. The van der Waals surface area contributed by atoms with Crippen molar-refractivity contribution in [3.05, 3.63) is 119 Å². The molecule has 4 aromatic carbocycles. The van der Waals surface area contributed by atoms with E-state index in [-0.39, 0.29) is 43.5 Å². The molecule has 0 saturated carbocycles. The zero-order chi connectivity index (χ0) is 33.2. The fraction of sp³-hybridized carbons (Fsp3) is 0.316. The van der Waals surface area contributed by atoms with Gasteiger partial charge in [0.25, 0.3) is 0 Å². The summed E-state index contributed by atoms with van der Waals surface area (Å²) in [6, 6.07) is 32.0. The molecular formula is C38H41NO7S. The number of carboxylic acid groups (broad SMARTS) is 1. The van der Waals surface area contributed by atoms with Crippen molar-refractivity contribution in [1.29, 1.82) is 0 Å². The van der Waals surface area contributed by atoms with Crippen LogP contribution in [-0.4, -0.2) is 41.1 Å². The Morgan fingerprint density at radius 1 is 0.851 bits per heavy atom. The summed E-state index contributed by atoms with van der Waals surface area (Å²) in [5.74, 6) is 0.554. The first-order valence-electron chi connectivity index (χ1n) is 15.8. The van der Waals surface area contributed by atoms with Crippen molar-refractivity contribution < 1.29 is 34.0 Å². The van der Waals surface area contributed by atoms with Crippen LogP contribution in [0.1, 0.15) is 60.8 Å².